The Kier molecular flexibility index (Phi) is 6.67. The second-order valence-corrected chi connectivity index (χ2v) is 10.8. The van der Waals surface area contributed by atoms with E-state index in [1.807, 2.05) is 72.1 Å². The standard InChI is InChI=1S/C21H17BrN2OS3/c22-15-8-9-19(23-13-15)28-18-7-2-1-6-17(18)20(25)24-16-5-3-4-14(12-16)21-26-10-11-27-21/h1-9,12-13,21H,10-11H2,(H,24,25). The highest BCUT2D eigenvalue weighted by Crippen LogP contribution is 2.45. The molecule has 4 rings (SSSR count). The molecule has 1 fully saturated rings. The number of nitrogens with zero attached hydrogens (tertiary/aromatic N) is 1. The maximum Gasteiger partial charge on any atom is 0.256 e. The Labute approximate surface area is 185 Å². The molecule has 1 N–H and O–H groups in total. The Balaban J connectivity index is 1.52. The van der Waals surface area contributed by atoms with Gasteiger partial charge in [-0.2, -0.15) is 0 Å². The van der Waals surface area contributed by atoms with E-state index in [2.05, 4.69) is 38.4 Å². The van der Waals surface area contributed by atoms with Gasteiger partial charge in [-0.25, -0.2) is 4.98 Å². The first-order valence-corrected chi connectivity index (χ1v) is 12.4. The molecule has 2 heterocycles. The number of benzene rings is 2. The van der Waals surface area contributed by atoms with Gasteiger partial charge in [-0.15, -0.1) is 23.5 Å². The van der Waals surface area contributed by atoms with Crippen LogP contribution in [-0.2, 0) is 0 Å². The predicted octanol–water partition coefficient (Wildman–Crippen LogP) is 6.73. The van der Waals surface area contributed by atoms with Gasteiger partial charge in [0.15, 0.2) is 0 Å². The highest BCUT2D eigenvalue weighted by atomic mass is 79.9. The molecule has 1 aliphatic rings. The molecule has 142 valence electrons. The first kappa shape index (κ1) is 19.9. The molecule has 0 unspecified atom stereocenters. The number of nitrogens with one attached hydrogen (secondary N) is 1. The largest absolute Gasteiger partial charge is 0.322 e. The van der Waals surface area contributed by atoms with Crippen molar-refractivity contribution in [3.05, 3.63) is 82.5 Å². The lowest BCUT2D eigenvalue weighted by Gasteiger charge is -2.12. The Bertz CT molecular complexity index is 975. The number of hydrogen-bond acceptors (Lipinski definition) is 5. The molecule has 3 aromatic rings. The van der Waals surface area contributed by atoms with Gasteiger partial charge in [0.05, 0.1) is 10.1 Å². The van der Waals surface area contributed by atoms with Gasteiger partial charge in [-0.1, -0.05) is 36.0 Å². The van der Waals surface area contributed by atoms with Crippen LogP contribution in [0.25, 0.3) is 0 Å². The summed E-state index contributed by atoms with van der Waals surface area (Å²) in [5.41, 5.74) is 2.73. The Morgan fingerprint density at radius 2 is 1.89 bits per heavy atom. The highest BCUT2D eigenvalue weighted by molar-refractivity contribution is 9.10. The summed E-state index contributed by atoms with van der Waals surface area (Å²) >= 11 is 8.80. The van der Waals surface area contributed by atoms with Crippen molar-refractivity contribution >= 4 is 62.8 Å². The Morgan fingerprint density at radius 1 is 1.07 bits per heavy atom. The number of carbonyl (C=O) groups is 1. The van der Waals surface area contributed by atoms with Crippen LogP contribution < -0.4 is 5.32 Å². The fraction of sp³-hybridized carbons (Fsp3) is 0.143. The summed E-state index contributed by atoms with van der Waals surface area (Å²) in [4.78, 5) is 18.2. The number of halogens is 1. The molecule has 1 saturated heterocycles. The molecule has 0 bridgehead atoms. The molecule has 1 aliphatic heterocycles. The van der Waals surface area contributed by atoms with Crippen LogP contribution in [0.3, 0.4) is 0 Å². The van der Waals surface area contributed by atoms with Gasteiger partial charge in [0.1, 0.15) is 5.03 Å². The van der Waals surface area contributed by atoms with Gasteiger partial charge >= 0.3 is 0 Å². The van der Waals surface area contributed by atoms with Crippen molar-refractivity contribution in [2.75, 3.05) is 16.8 Å². The number of rotatable bonds is 5. The van der Waals surface area contributed by atoms with Crippen molar-refractivity contribution in [3.8, 4) is 0 Å². The van der Waals surface area contributed by atoms with E-state index in [1.54, 1.807) is 6.20 Å². The third-order valence-corrected chi connectivity index (χ3v) is 8.68. The van der Waals surface area contributed by atoms with Crippen LogP contribution >= 0.6 is 51.2 Å². The van der Waals surface area contributed by atoms with Gasteiger partial charge < -0.3 is 5.32 Å². The molecule has 7 heteroatoms. The maximum absolute atomic E-state index is 12.9. The van der Waals surface area contributed by atoms with Crippen LogP contribution in [0.2, 0.25) is 0 Å². The average Bonchev–Trinajstić information content (AvgIpc) is 3.25. The quantitative estimate of drug-likeness (QED) is 0.431. The van der Waals surface area contributed by atoms with Crippen LogP contribution in [0, 0.1) is 0 Å². The summed E-state index contributed by atoms with van der Waals surface area (Å²) in [6, 6.07) is 19.7. The van der Waals surface area contributed by atoms with E-state index in [0.717, 1.165) is 20.1 Å². The van der Waals surface area contributed by atoms with Gasteiger partial charge in [-0.05, 0) is 57.9 Å². The van der Waals surface area contributed by atoms with Crippen LogP contribution in [-0.4, -0.2) is 22.4 Å². The summed E-state index contributed by atoms with van der Waals surface area (Å²) in [7, 11) is 0. The van der Waals surface area contributed by atoms with Gasteiger partial charge in [0.25, 0.3) is 5.91 Å². The number of aromatic nitrogens is 1. The first-order chi connectivity index (χ1) is 13.7. The number of hydrogen-bond donors (Lipinski definition) is 1. The zero-order valence-electron chi connectivity index (χ0n) is 14.8. The molecule has 3 nitrogen and oxygen atoms in total. The molecular formula is C21H17BrN2OS3. The monoisotopic (exact) mass is 488 g/mol. The normalized spacial score (nSPS) is 14.2. The lowest BCUT2D eigenvalue weighted by molar-refractivity contribution is 0.102. The van der Waals surface area contributed by atoms with E-state index in [4.69, 9.17) is 0 Å². The summed E-state index contributed by atoms with van der Waals surface area (Å²) < 4.78 is 1.39. The minimum atomic E-state index is -0.107. The van der Waals surface area contributed by atoms with Crippen LogP contribution in [0.1, 0.15) is 20.5 Å². The third-order valence-electron chi connectivity index (χ3n) is 4.08. The lowest BCUT2D eigenvalue weighted by atomic mass is 10.2. The molecule has 0 spiro atoms. The van der Waals surface area contributed by atoms with Gasteiger partial charge in [0.2, 0.25) is 0 Å². The molecule has 0 aliphatic carbocycles. The third kappa shape index (κ3) is 4.95. The molecular weight excluding hydrogens is 472 g/mol. The van der Waals surface area contributed by atoms with Crippen molar-refractivity contribution in [3.63, 3.8) is 0 Å². The zero-order valence-corrected chi connectivity index (χ0v) is 18.8. The molecule has 0 radical (unpaired) electrons. The van der Waals surface area contributed by atoms with Gasteiger partial charge in [-0.3, -0.25) is 4.79 Å². The molecule has 1 aromatic heterocycles. The second-order valence-electron chi connectivity index (χ2n) is 6.07. The Morgan fingerprint density at radius 3 is 2.68 bits per heavy atom. The molecule has 1 amide bonds. The van der Waals surface area contributed by atoms with E-state index < -0.39 is 0 Å². The van der Waals surface area contributed by atoms with Crippen LogP contribution in [0.15, 0.2) is 81.3 Å². The van der Waals surface area contributed by atoms with E-state index in [1.165, 1.54) is 28.8 Å². The number of thioether (sulfide) groups is 2. The second kappa shape index (κ2) is 9.39. The minimum absolute atomic E-state index is 0.107. The van der Waals surface area contributed by atoms with E-state index in [9.17, 15) is 4.79 Å². The maximum atomic E-state index is 12.9. The van der Waals surface area contributed by atoms with E-state index in [-0.39, 0.29) is 5.91 Å². The smallest absolute Gasteiger partial charge is 0.256 e. The number of amides is 1. The lowest BCUT2D eigenvalue weighted by Crippen LogP contribution is -2.13. The van der Waals surface area contributed by atoms with Crippen molar-refractivity contribution in [2.45, 2.75) is 14.5 Å². The average molecular weight is 489 g/mol. The number of anilines is 1. The molecule has 2 aromatic carbocycles. The van der Waals surface area contributed by atoms with E-state index >= 15 is 0 Å². The predicted molar refractivity (Wildman–Crippen MR) is 125 cm³/mol. The topological polar surface area (TPSA) is 42.0 Å². The highest BCUT2D eigenvalue weighted by Gasteiger charge is 2.19. The van der Waals surface area contributed by atoms with E-state index in [0.29, 0.717) is 10.1 Å². The Hall–Kier alpha value is -1.41. The summed E-state index contributed by atoms with van der Waals surface area (Å²) in [5.74, 6) is 2.26. The fourth-order valence-corrected chi connectivity index (χ4v) is 6.75. The van der Waals surface area contributed by atoms with Gasteiger partial charge in [0, 0.05) is 32.8 Å². The zero-order chi connectivity index (χ0) is 19.3. The van der Waals surface area contributed by atoms with Crippen molar-refractivity contribution in [2.24, 2.45) is 0 Å². The molecule has 0 saturated carbocycles. The number of pyridine rings is 1. The summed E-state index contributed by atoms with van der Waals surface area (Å²) in [6.45, 7) is 0. The van der Waals surface area contributed by atoms with Crippen molar-refractivity contribution in [1.29, 1.82) is 0 Å². The fourth-order valence-electron chi connectivity index (χ4n) is 2.79. The van der Waals surface area contributed by atoms with Crippen LogP contribution in [0.5, 0.6) is 0 Å². The summed E-state index contributed by atoms with van der Waals surface area (Å²) in [5, 5.41) is 3.91. The van der Waals surface area contributed by atoms with Crippen LogP contribution in [0.4, 0.5) is 5.69 Å². The number of carbonyl (C=O) groups excluding carboxylic acids is 1. The minimum Gasteiger partial charge on any atom is -0.322 e. The molecule has 0 atom stereocenters. The summed E-state index contributed by atoms with van der Waals surface area (Å²) in [6.07, 6.45) is 1.76. The van der Waals surface area contributed by atoms with Crippen molar-refractivity contribution < 1.29 is 4.79 Å². The van der Waals surface area contributed by atoms with Crippen molar-refractivity contribution in [1.82, 2.24) is 4.98 Å². The first-order valence-electron chi connectivity index (χ1n) is 8.72. The molecule has 28 heavy (non-hydrogen) atoms. The SMILES string of the molecule is O=C(Nc1cccc(C2SCCS2)c1)c1ccccc1Sc1ccc(Br)cn1.